The highest BCUT2D eigenvalue weighted by molar-refractivity contribution is 5.78. The molecule has 1 atom stereocenters. The lowest BCUT2D eigenvalue weighted by molar-refractivity contribution is -0.384. The van der Waals surface area contributed by atoms with Crippen molar-refractivity contribution >= 4 is 11.6 Å². The lowest BCUT2D eigenvalue weighted by atomic mass is 10.0. The molecule has 0 aliphatic carbocycles. The highest BCUT2D eigenvalue weighted by atomic mass is 16.6. The summed E-state index contributed by atoms with van der Waals surface area (Å²) in [6, 6.07) is 13.3. The van der Waals surface area contributed by atoms with Crippen LogP contribution in [0.3, 0.4) is 0 Å². The van der Waals surface area contributed by atoms with E-state index in [1.54, 1.807) is 12.1 Å². The second-order valence-corrected chi connectivity index (χ2v) is 5.28. The molecule has 6 heteroatoms. The minimum atomic E-state index is -0.767. The van der Waals surface area contributed by atoms with Crippen molar-refractivity contribution in [3.05, 3.63) is 75.3 Å². The van der Waals surface area contributed by atoms with Gasteiger partial charge in [0, 0.05) is 18.7 Å². The zero-order chi connectivity index (χ0) is 16.8. The number of hydrogen-bond donors (Lipinski definition) is 2. The van der Waals surface area contributed by atoms with Gasteiger partial charge in [-0.1, -0.05) is 36.4 Å². The van der Waals surface area contributed by atoms with E-state index < -0.39 is 11.0 Å². The van der Waals surface area contributed by atoms with Gasteiger partial charge in [-0.15, -0.1) is 0 Å². The average molecular weight is 314 g/mol. The molecule has 0 saturated heterocycles. The molecule has 6 nitrogen and oxygen atoms in total. The van der Waals surface area contributed by atoms with Gasteiger partial charge >= 0.3 is 0 Å². The third kappa shape index (κ3) is 4.62. The summed E-state index contributed by atoms with van der Waals surface area (Å²) >= 11 is 0. The topological polar surface area (TPSA) is 92.5 Å². The molecule has 23 heavy (non-hydrogen) atoms. The molecule has 2 aromatic carbocycles. The summed E-state index contributed by atoms with van der Waals surface area (Å²) in [5.74, 6) is -0.244. The van der Waals surface area contributed by atoms with Gasteiger partial charge in [0.25, 0.3) is 5.69 Å². The first-order valence-electron chi connectivity index (χ1n) is 7.21. The lowest BCUT2D eigenvalue weighted by Gasteiger charge is -2.14. The van der Waals surface area contributed by atoms with Crippen LogP contribution in [0.25, 0.3) is 0 Å². The first kappa shape index (κ1) is 16.6. The second kappa shape index (κ2) is 7.51. The third-order valence-electron chi connectivity index (χ3n) is 3.55. The molecule has 120 valence electrons. The number of hydrogen-bond acceptors (Lipinski definition) is 4. The van der Waals surface area contributed by atoms with Crippen molar-refractivity contribution in [3.63, 3.8) is 0 Å². The minimum absolute atomic E-state index is 0.0101. The quantitative estimate of drug-likeness (QED) is 0.632. The normalized spacial score (nSPS) is 11.7. The number of aryl methyl sites for hydroxylation is 1. The molecule has 0 aliphatic heterocycles. The standard InChI is InChI=1S/C17H18N2O4/c1-12-4-2-3-5-15(12)16(20)11-18-17(21)10-13-6-8-14(9-7-13)19(22)23/h2-9,16,20H,10-11H2,1H3,(H,18,21). The molecule has 0 fully saturated rings. The van der Waals surface area contributed by atoms with Crippen LogP contribution < -0.4 is 5.32 Å². The number of nitro benzene ring substituents is 1. The van der Waals surface area contributed by atoms with Gasteiger partial charge < -0.3 is 10.4 Å². The Kier molecular flexibility index (Phi) is 5.43. The molecule has 1 amide bonds. The number of benzene rings is 2. The van der Waals surface area contributed by atoms with Gasteiger partial charge in [0.15, 0.2) is 0 Å². The molecule has 2 N–H and O–H groups in total. The monoisotopic (exact) mass is 314 g/mol. The fraction of sp³-hybridized carbons (Fsp3) is 0.235. The second-order valence-electron chi connectivity index (χ2n) is 5.28. The molecule has 0 radical (unpaired) electrons. The van der Waals surface area contributed by atoms with E-state index >= 15 is 0 Å². The maximum atomic E-state index is 11.9. The van der Waals surface area contributed by atoms with E-state index in [0.717, 1.165) is 11.1 Å². The first-order chi connectivity index (χ1) is 11.0. The number of carbonyl (C=O) groups excluding carboxylic acids is 1. The van der Waals surface area contributed by atoms with Gasteiger partial charge in [-0.25, -0.2) is 0 Å². The number of nitrogens with one attached hydrogen (secondary N) is 1. The van der Waals surface area contributed by atoms with Crippen LogP contribution in [0.4, 0.5) is 5.69 Å². The molecule has 0 aliphatic rings. The molecular weight excluding hydrogens is 296 g/mol. The van der Waals surface area contributed by atoms with E-state index in [9.17, 15) is 20.0 Å². The van der Waals surface area contributed by atoms with Crippen LogP contribution >= 0.6 is 0 Å². The molecule has 0 aromatic heterocycles. The number of amides is 1. The van der Waals surface area contributed by atoms with E-state index in [1.165, 1.54) is 12.1 Å². The van der Waals surface area contributed by atoms with Crippen LogP contribution in [0.15, 0.2) is 48.5 Å². The van der Waals surface area contributed by atoms with Crippen molar-refractivity contribution in [1.82, 2.24) is 5.32 Å². The number of aliphatic hydroxyl groups is 1. The van der Waals surface area contributed by atoms with Crippen molar-refractivity contribution in [1.29, 1.82) is 0 Å². The number of non-ortho nitro benzene ring substituents is 1. The summed E-state index contributed by atoms with van der Waals surface area (Å²) < 4.78 is 0. The summed E-state index contributed by atoms with van der Waals surface area (Å²) in [6.07, 6.45) is -0.657. The number of aliphatic hydroxyl groups excluding tert-OH is 1. The van der Waals surface area contributed by atoms with Crippen LogP contribution in [-0.4, -0.2) is 22.5 Å². The molecule has 1 unspecified atom stereocenters. The van der Waals surface area contributed by atoms with Gasteiger partial charge in [-0.2, -0.15) is 0 Å². The van der Waals surface area contributed by atoms with Crippen molar-refractivity contribution in [2.75, 3.05) is 6.54 Å². The van der Waals surface area contributed by atoms with E-state index in [4.69, 9.17) is 0 Å². The predicted molar refractivity (Wildman–Crippen MR) is 85.9 cm³/mol. The van der Waals surface area contributed by atoms with Crippen LogP contribution in [0.5, 0.6) is 0 Å². The molecule has 2 rings (SSSR count). The van der Waals surface area contributed by atoms with Crippen LogP contribution in [0, 0.1) is 17.0 Å². The van der Waals surface area contributed by atoms with Gasteiger partial charge in [-0.05, 0) is 23.6 Å². The van der Waals surface area contributed by atoms with E-state index in [1.807, 2.05) is 31.2 Å². The fourth-order valence-corrected chi connectivity index (χ4v) is 2.26. The summed E-state index contributed by atoms with van der Waals surface area (Å²) in [7, 11) is 0. The molecule has 0 spiro atoms. The first-order valence-corrected chi connectivity index (χ1v) is 7.21. The van der Waals surface area contributed by atoms with Gasteiger partial charge in [0.1, 0.15) is 0 Å². The maximum absolute atomic E-state index is 11.9. The lowest BCUT2D eigenvalue weighted by Crippen LogP contribution is -2.29. The molecule has 0 heterocycles. The summed E-state index contributed by atoms with van der Waals surface area (Å²) in [5.41, 5.74) is 2.41. The summed E-state index contributed by atoms with van der Waals surface area (Å²) in [5, 5.41) is 23.4. The van der Waals surface area contributed by atoms with E-state index in [-0.39, 0.29) is 24.6 Å². The highest BCUT2D eigenvalue weighted by Gasteiger charge is 2.12. The van der Waals surface area contributed by atoms with E-state index in [2.05, 4.69) is 5.32 Å². The van der Waals surface area contributed by atoms with Crippen molar-refractivity contribution in [3.8, 4) is 0 Å². The molecule has 0 bridgehead atoms. The Labute approximate surface area is 133 Å². The Morgan fingerprint density at radius 2 is 1.87 bits per heavy atom. The maximum Gasteiger partial charge on any atom is 0.269 e. The van der Waals surface area contributed by atoms with Crippen molar-refractivity contribution in [2.24, 2.45) is 0 Å². The summed E-state index contributed by atoms with van der Waals surface area (Å²) in [6.45, 7) is 2.02. The highest BCUT2D eigenvalue weighted by Crippen LogP contribution is 2.16. The number of rotatable bonds is 6. The zero-order valence-electron chi connectivity index (χ0n) is 12.7. The van der Waals surface area contributed by atoms with Crippen LogP contribution in [0.1, 0.15) is 22.8 Å². The average Bonchev–Trinajstić information content (AvgIpc) is 2.53. The molecular formula is C17H18N2O4. The predicted octanol–water partition coefficient (Wildman–Crippen LogP) is 2.30. The van der Waals surface area contributed by atoms with Gasteiger partial charge in [0.05, 0.1) is 17.4 Å². The number of carbonyl (C=O) groups is 1. The third-order valence-corrected chi connectivity index (χ3v) is 3.55. The largest absolute Gasteiger partial charge is 0.387 e. The Morgan fingerprint density at radius 3 is 2.48 bits per heavy atom. The van der Waals surface area contributed by atoms with Gasteiger partial charge in [-0.3, -0.25) is 14.9 Å². The molecule has 2 aromatic rings. The number of nitrogens with zero attached hydrogens (tertiary/aromatic N) is 1. The number of nitro groups is 1. The van der Waals surface area contributed by atoms with Crippen molar-refractivity contribution < 1.29 is 14.8 Å². The minimum Gasteiger partial charge on any atom is -0.387 e. The van der Waals surface area contributed by atoms with Crippen LogP contribution in [0.2, 0.25) is 0 Å². The zero-order valence-corrected chi connectivity index (χ0v) is 12.7. The smallest absolute Gasteiger partial charge is 0.269 e. The van der Waals surface area contributed by atoms with Gasteiger partial charge in [0.2, 0.25) is 5.91 Å². The van der Waals surface area contributed by atoms with Crippen molar-refractivity contribution in [2.45, 2.75) is 19.4 Å². The fourth-order valence-electron chi connectivity index (χ4n) is 2.26. The SMILES string of the molecule is Cc1ccccc1C(O)CNC(=O)Cc1ccc([N+](=O)[O-])cc1. The molecule has 0 saturated carbocycles. The Hall–Kier alpha value is -2.73. The Morgan fingerprint density at radius 1 is 1.22 bits per heavy atom. The van der Waals surface area contributed by atoms with Crippen LogP contribution in [-0.2, 0) is 11.2 Å². The Balaban J connectivity index is 1.87. The van der Waals surface area contributed by atoms with E-state index in [0.29, 0.717) is 5.56 Å². The Bertz CT molecular complexity index is 698. The summed E-state index contributed by atoms with van der Waals surface area (Å²) in [4.78, 5) is 22.0.